The number of benzene rings is 1. The first-order chi connectivity index (χ1) is 10.8. The zero-order valence-electron chi connectivity index (χ0n) is 12.7. The summed E-state index contributed by atoms with van der Waals surface area (Å²) >= 11 is 0. The van der Waals surface area contributed by atoms with Gasteiger partial charge < -0.3 is 18.5 Å². The van der Waals surface area contributed by atoms with Gasteiger partial charge >= 0.3 is 0 Å². The van der Waals surface area contributed by atoms with E-state index in [4.69, 9.17) is 13.6 Å². The minimum atomic E-state index is 0.0912. The van der Waals surface area contributed by atoms with Crippen molar-refractivity contribution in [2.45, 2.75) is 19.5 Å². The van der Waals surface area contributed by atoms with Gasteiger partial charge in [-0.3, -0.25) is 0 Å². The van der Waals surface area contributed by atoms with E-state index in [9.17, 15) is 0 Å². The van der Waals surface area contributed by atoms with Gasteiger partial charge in [0, 0.05) is 5.69 Å². The van der Waals surface area contributed by atoms with Crippen molar-refractivity contribution in [1.82, 2.24) is 0 Å². The molecule has 0 spiro atoms. The van der Waals surface area contributed by atoms with E-state index in [-0.39, 0.29) is 6.04 Å². The first-order valence-corrected chi connectivity index (χ1v) is 7.24. The van der Waals surface area contributed by atoms with Gasteiger partial charge in [0.15, 0.2) is 0 Å². The smallest absolute Gasteiger partial charge is 0.125 e. The van der Waals surface area contributed by atoms with Gasteiger partial charge in [0.05, 0.1) is 32.2 Å². The molecule has 0 aliphatic rings. The number of rotatable bonds is 6. The number of ether oxygens (including phenoxy) is 1. The second kappa shape index (κ2) is 6.43. The van der Waals surface area contributed by atoms with E-state index in [0.717, 1.165) is 23.0 Å². The predicted molar refractivity (Wildman–Crippen MR) is 85.0 cm³/mol. The van der Waals surface area contributed by atoms with Crippen molar-refractivity contribution in [2.75, 3.05) is 12.0 Å². The highest BCUT2D eigenvalue weighted by atomic mass is 16.5. The minimum Gasteiger partial charge on any atom is -0.497 e. The fraction of sp³-hybridized carbons (Fsp3) is 0.222. The van der Waals surface area contributed by atoms with Crippen molar-refractivity contribution in [2.24, 2.45) is 0 Å². The Hall–Kier alpha value is -2.62. The van der Waals surface area contributed by atoms with Crippen LogP contribution >= 0.6 is 0 Å². The largest absolute Gasteiger partial charge is 0.497 e. The average molecular weight is 297 g/mol. The lowest BCUT2D eigenvalue weighted by Gasteiger charge is -2.29. The van der Waals surface area contributed by atoms with Gasteiger partial charge in [-0.2, -0.15) is 0 Å². The summed E-state index contributed by atoms with van der Waals surface area (Å²) in [7, 11) is 1.67. The first-order valence-electron chi connectivity index (χ1n) is 7.24. The molecule has 1 atom stereocenters. The lowest BCUT2D eigenvalue weighted by molar-refractivity contribution is 0.414. The third-order valence-corrected chi connectivity index (χ3v) is 3.73. The Labute approximate surface area is 129 Å². The maximum Gasteiger partial charge on any atom is 0.125 e. The Balaban J connectivity index is 1.90. The lowest BCUT2D eigenvalue weighted by atomic mass is 10.1. The maximum absolute atomic E-state index is 5.56. The number of hydrogen-bond donors (Lipinski definition) is 0. The summed E-state index contributed by atoms with van der Waals surface area (Å²) in [5.41, 5.74) is 1.08. The van der Waals surface area contributed by atoms with Crippen LogP contribution < -0.4 is 9.64 Å². The maximum atomic E-state index is 5.56. The second-order valence-corrected chi connectivity index (χ2v) is 5.10. The van der Waals surface area contributed by atoms with Crippen molar-refractivity contribution in [1.29, 1.82) is 0 Å². The quantitative estimate of drug-likeness (QED) is 0.664. The monoisotopic (exact) mass is 297 g/mol. The molecule has 3 aromatic rings. The zero-order valence-corrected chi connectivity index (χ0v) is 12.7. The van der Waals surface area contributed by atoms with Crippen molar-refractivity contribution >= 4 is 5.69 Å². The molecule has 1 aromatic carbocycles. The topological polar surface area (TPSA) is 38.8 Å². The summed E-state index contributed by atoms with van der Waals surface area (Å²) in [6.07, 6.45) is 3.39. The number of methoxy groups -OCH3 is 1. The van der Waals surface area contributed by atoms with Gasteiger partial charge in [0.1, 0.15) is 17.3 Å². The molecule has 0 N–H and O–H groups in total. The average Bonchev–Trinajstić information content (AvgIpc) is 3.25. The summed E-state index contributed by atoms with van der Waals surface area (Å²) < 4.78 is 16.3. The van der Waals surface area contributed by atoms with Crippen LogP contribution in [-0.2, 0) is 6.54 Å². The van der Waals surface area contributed by atoms with E-state index in [1.54, 1.807) is 19.6 Å². The van der Waals surface area contributed by atoms with Crippen molar-refractivity contribution in [3.8, 4) is 5.75 Å². The third-order valence-electron chi connectivity index (χ3n) is 3.73. The molecule has 0 amide bonds. The summed E-state index contributed by atoms with van der Waals surface area (Å²) in [6.45, 7) is 2.78. The van der Waals surface area contributed by atoms with Gasteiger partial charge in [-0.1, -0.05) is 0 Å². The van der Waals surface area contributed by atoms with E-state index in [1.807, 2.05) is 48.5 Å². The molecule has 0 unspecified atom stereocenters. The molecule has 0 radical (unpaired) electrons. The van der Waals surface area contributed by atoms with Crippen LogP contribution in [0.25, 0.3) is 0 Å². The SMILES string of the molecule is COc1ccc(N(Cc2ccco2)[C@@H](C)c2ccco2)cc1. The molecule has 2 aromatic heterocycles. The van der Waals surface area contributed by atoms with Crippen LogP contribution in [0.2, 0.25) is 0 Å². The molecular weight excluding hydrogens is 278 g/mol. The van der Waals surface area contributed by atoms with Gasteiger partial charge in [-0.05, 0) is 55.5 Å². The van der Waals surface area contributed by atoms with Crippen LogP contribution in [0.4, 0.5) is 5.69 Å². The molecule has 3 rings (SSSR count). The van der Waals surface area contributed by atoms with E-state index in [0.29, 0.717) is 6.54 Å². The van der Waals surface area contributed by atoms with Crippen LogP contribution in [0.1, 0.15) is 24.5 Å². The Morgan fingerprint density at radius 1 is 1.00 bits per heavy atom. The molecule has 4 nitrogen and oxygen atoms in total. The molecule has 0 saturated heterocycles. The van der Waals surface area contributed by atoms with Crippen molar-refractivity contribution in [3.05, 3.63) is 72.6 Å². The second-order valence-electron chi connectivity index (χ2n) is 5.10. The Morgan fingerprint density at radius 2 is 1.73 bits per heavy atom. The van der Waals surface area contributed by atoms with E-state index in [1.165, 1.54) is 0 Å². The Bertz CT molecular complexity index is 672. The minimum absolute atomic E-state index is 0.0912. The molecule has 0 fully saturated rings. The fourth-order valence-corrected chi connectivity index (χ4v) is 2.48. The number of furan rings is 2. The summed E-state index contributed by atoms with van der Waals surface area (Å²) in [6, 6.07) is 15.9. The van der Waals surface area contributed by atoms with Crippen molar-refractivity contribution in [3.63, 3.8) is 0 Å². The highest BCUT2D eigenvalue weighted by Crippen LogP contribution is 2.30. The van der Waals surface area contributed by atoms with Gasteiger partial charge in [-0.15, -0.1) is 0 Å². The van der Waals surface area contributed by atoms with Crippen LogP contribution in [0.15, 0.2) is 69.9 Å². The molecule has 0 bridgehead atoms. The summed E-state index contributed by atoms with van der Waals surface area (Å²) in [4.78, 5) is 2.23. The molecule has 0 aliphatic carbocycles. The van der Waals surface area contributed by atoms with Crippen LogP contribution in [-0.4, -0.2) is 7.11 Å². The molecule has 114 valence electrons. The lowest BCUT2D eigenvalue weighted by Crippen LogP contribution is -2.25. The fourth-order valence-electron chi connectivity index (χ4n) is 2.48. The molecule has 22 heavy (non-hydrogen) atoms. The molecule has 0 aliphatic heterocycles. The first kappa shape index (κ1) is 14.3. The molecule has 2 heterocycles. The Kier molecular flexibility index (Phi) is 4.19. The number of hydrogen-bond acceptors (Lipinski definition) is 4. The highest BCUT2D eigenvalue weighted by Gasteiger charge is 2.20. The third kappa shape index (κ3) is 3.01. The van der Waals surface area contributed by atoms with Crippen LogP contribution in [0.5, 0.6) is 5.75 Å². The molecular formula is C18H19NO3. The number of anilines is 1. The standard InChI is InChI=1S/C18H19NO3/c1-14(18-6-4-12-22-18)19(13-17-5-3-11-21-17)15-7-9-16(20-2)10-8-15/h3-12,14H,13H2,1-2H3/t14-/m0/s1. The van der Waals surface area contributed by atoms with E-state index >= 15 is 0 Å². The Morgan fingerprint density at radius 3 is 2.32 bits per heavy atom. The van der Waals surface area contributed by atoms with Crippen molar-refractivity contribution < 1.29 is 13.6 Å². The normalized spacial score (nSPS) is 12.1. The van der Waals surface area contributed by atoms with Gasteiger partial charge in [0.2, 0.25) is 0 Å². The molecule has 4 heteroatoms. The summed E-state index contributed by atoms with van der Waals surface area (Å²) in [5, 5.41) is 0. The predicted octanol–water partition coefficient (Wildman–Crippen LogP) is 4.65. The van der Waals surface area contributed by atoms with E-state index < -0.39 is 0 Å². The van der Waals surface area contributed by atoms with Crippen LogP contribution in [0.3, 0.4) is 0 Å². The molecule has 0 saturated carbocycles. The van der Waals surface area contributed by atoms with Gasteiger partial charge in [-0.25, -0.2) is 0 Å². The van der Waals surface area contributed by atoms with Gasteiger partial charge in [0.25, 0.3) is 0 Å². The van der Waals surface area contributed by atoms with Crippen LogP contribution in [0, 0.1) is 0 Å². The highest BCUT2D eigenvalue weighted by molar-refractivity contribution is 5.50. The zero-order chi connectivity index (χ0) is 15.4. The summed E-state index contributed by atoms with van der Waals surface area (Å²) in [5.74, 6) is 2.67. The number of nitrogens with zero attached hydrogens (tertiary/aromatic N) is 1. The van der Waals surface area contributed by atoms with E-state index in [2.05, 4.69) is 11.8 Å².